The van der Waals surface area contributed by atoms with Crippen molar-refractivity contribution in [3.05, 3.63) is 48.6 Å². The highest BCUT2D eigenvalue weighted by Crippen LogP contribution is 2.23. The van der Waals surface area contributed by atoms with Gasteiger partial charge in [0.25, 0.3) is 0 Å². The first kappa shape index (κ1) is 18.1. The molecule has 0 saturated carbocycles. The Hall–Kier alpha value is -3.33. The zero-order valence-corrected chi connectivity index (χ0v) is 16.2. The third-order valence-electron chi connectivity index (χ3n) is 4.43. The normalized spacial score (nSPS) is 12.6. The molecule has 0 aromatic carbocycles. The minimum absolute atomic E-state index is 0.301. The molecule has 0 saturated heterocycles. The summed E-state index contributed by atoms with van der Waals surface area (Å²) in [5.74, 6) is 2.70. The average Bonchev–Trinajstić information content (AvgIpc) is 3.26. The third-order valence-corrected chi connectivity index (χ3v) is 4.43. The zero-order valence-electron chi connectivity index (χ0n) is 16.2. The number of aryl methyl sites for hydroxylation is 1. The van der Waals surface area contributed by atoms with Gasteiger partial charge >= 0.3 is 0 Å². The summed E-state index contributed by atoms with van der Waals surface area (Å²) < 4.78 is 3.84. The quantitative estimate of drug-likeness (QED) is 0.549. The lowest BCUT2D eigenvalue weighted by molar-refractivity contribution is 0.195. The van der Waals surface area contributed by atoms with E-state index in [-0.39, 0.29) is 0 Å². The number of rotatable bonds is 5. The van der Waals surface area contributed by atoms with Crippen LogP contribution in [0.5, 0.6) is 0 Å². The van der Waals surface area contributed by atoms with E-state index in [1.165, 1.54) is 0 Å². The van der Waals surface area contributed by atoms with Crippen LogP contribution in [0.3, 0.4) is 0 Å². The molecule has 0 bridgehead atoms. The SMILES string of the molecule is Cc1nc2cnc(Nc3ccnc(-n4cnc([C@H](C)O)c4)n3)cc2n1C(C)C. The van der Waals surface area contributed by atoms with Gasteiger partial charge in [0.1, 0.15) is 29.3 Å². The van der Waals surface area contributed by atoms with Crippen molar-refractivity contribution >= 4 is 22.7 Å². The fourth-order valence-electron chi connectivity index (χ4n) is 3.18. The number of aliphatic hydroxyl groups excluding tert-OH is 1. The summed E-state index contributed by atoms with van der Waals surface area (Å²) in [6, 6.07) is 4.04. The molecule has 1 atom stereocenters. The van der Waals surface area contributed by atoms with Crippen LogP contribution in [0.25, 0.3) is 17.0 Å². The van der Waals surface area contributed by atoms with Gasteiger partial charge in [-0.2, -0.15) is 4.98 Å². The smallest absolute Gasteiger partial charge is 0.236 e. The van der Waals surface area contributed by atoms with Gasteiger partial charge < -0.3 is 15.0 Å². The van der Waals surface area contributed by atoms with Gasteiger partial charge in [0.15, 0.2) is 0 Å². The van der Waals surface area contributed by atoms with Crippen LogP contribution in [0.2, 0.25) is 0 Å². The van der Waals surface area contributed by atoms with Gasteiger partial charge in [-0.3, -0.25) is 4.57 Å². The van der Waals surface area contributed by atoms with Crippen molar-refractivity contribution in [2.24, 2.45) is 0 Å². The summed E-state index contributed by atoms with van der Waals surface area (Å²) in [7, 11) is 0. The predicted molar refractivity (Wildman–Crippen MR) is 106 cm³/mol. The number of aromatic nitrogens is 7. The molecule has 144 valence electrons. The maximum atomic E-state index is 9.64. The summed E-state index contributed by atoms with van der Waals surface area (Å²) in [6.45, 7) is 7.92. The molecule has 0 aliphatic rings. The molecule has 4 aromatic heterocycles. The fraction of sp³-hybridized carbons (Fsp3) is 0.316. The second-order valence-corrected chi connectivity index (χ2v) is 6.93. The Morgan fingerprint density at radius 3 is 2.61 bits per heavy atom. The second kappa shape index (κ2) is 7.01. The molecule has 0 fully saturated rings. The average molecular weight is 378 g/mol. The molecule has 0 amide bonds. The van der Waals surface area contributed by atoms with E-state index in [2.05, 4.69) is 48.7 Å². The molecule has 28 heavy (non-hydrogen) atoms. The first-order chi connectivity index (χ1) is 13.4. The van der Waals surface area contributed by atoms with E-state index in [0.717, 1.165) is 16.9 Å². The van der Waals surface area contributed by atoms with Gasteiger partial charge in [0.05, 0.1) is 23.5 Å². The first-order valence-corrected chi connectivity index (χ1v) is 9.09. The molecule has 4 aromatic rings. The molecule has 9 nitrogen and oxygen atoms in total. The molecule has 2 N–H and O–H groups in total. The van der Waals surface area contributed by atoms with E-state index in [4.69, 9.17) is 0 Å². The van der Waals surface area contributed by atoms with Crippen LogP contribution in [-0.4, -0.2) is 39.2 Å². The Balaban J connectivity index is 1.65. The predicted octanol–water partition coefficient (Wildman–Crippen LogP) is 3.09. The van der Waals surface area contributed by atoms with Gasteiger partial charge in [-0.25, -0.2) is 19.9 Å². The Bertz CT molecular complexity index is 1130. The molecular weight excluding hydrogens is 356 g/mol. The highest BCUT2D eigenvalue weighted by Gasteiger charge is 2.12. The lowest BCUT2D eigenvalue weighted by Gasteiger charge is -2.11. The number of anilines is 2. The lowest BCUT2D eigenvalue weighted by Crippen LogP contribution is -2.04. The number of pyridine rings is 1. The van der Waals surface area contributed by atoms with Gasteiger partial charge in [-0.15, -0.1) is 0 Å². The summed E-state index contributed by atoms with van der Waals surface area (Å²) in [6.07, 6.45) is 6.06. The summed E-state index contributed by atoms with van der Waals surface area (Å²) in [5.41, 5.74) is 2.45. The molecular formula is C19H22N8O. The van der Waals surface area contributed by atoms with Crippen LogP contribution >= 0.6 is 0 Å². The van der Waals surface area contributed by atoms with Crippen molar-refractivity contribution in [1.82, 2.24) is 34.1 Å². The molecule has 0 aliphatic heterocycles. The lowest BCUT2D eigenvalue weighted by atomic mass is 10.3. The highest BCUT2D eigenvalue weighted by molar-refractivity contribution is 5.79. The van der Waals surface area contributed by atoms with Crippen molar-refractivity contribution in [2.75, 3.05) is 5.32 Å². The number of fused-ring (bicyclic) bond motifs is 1. The molecule has 0 aliphatic carbocycles. The number of hydrogen-bond donors (Lipinski definition) is 2. The minimum Gasteiger partial charge on any atom is -0.387 e. The number of aliphatic hydroxyl groups is 1. The third kappa shape index (κ3) is 3.31. The molecule has 0 radical (unpaired) electrons. The van der Waals surface area contributed by atoms with Crippen LogP contribution in [0, 0.1) is 6.92 Å². The summed E-state index contributed by atoms with van der Waals surface area (Å²) in [5, 5.41) is 12.9. The largest absolute Gasteiger partial charge is 0.387 e. The van der Waals surface area contributed by atoms with Crippen molar-refractivity contribution in [3.8, 4) is 5.95 Å². The van der Waals surface area contributed by atoms with Crippen molar-refractivity contribution in [1.29, 1.82) is 0 Å². The Kier molecular flexibility index (Phi) is 4.52. The highest BCUT2D eigenvalue weighted by atomic mass is 16.3. The maximum absolute atomic E-state index is 9.64. The molecule has 9 heteroatoms. The van der Waals surface area contributed by atoms with E-state index in [9.17, 15) is 5.11 Å². The van der Waals surface area contributed by atoms with Crippen molar-refractivity contribution < 1.29 is 5.11 Å². The van der Waals surface area contributed by atoms with Crippen LogP contribution in [0.4, 0.5) is 11.6 Å². The van der Waals surface area contributed by atoms with Gasteiger partial charge in [-0.1, -0.05) is 0 Å². The topological polar surface area (TPSA) is 107 Å². The van der Waals surface area contributed by atoms with E-state index in [1.807, 2.05) is 13.0 Å². The number of imidazole rings is 2. The van der Waals surface area contributed by atoms with Crippen LogP contribution in [0.1, 0.15) is 44.4 Å². The second-order valence-electron chi connectivity index (χ2n) is 6.93. The minimum atomic E-state index is -0.646. The molecule has 0 spiro atoms. The van der Waals surface area contributed by atoms with Crippen molar-refractivity contribution in [2.45, 2.75) is 39.8 Å². The number of nitrogens with zero attached hydrogens (tertiary/aromatic N) is 7. The summed E-state index contributed by atoms with van der Waals surface area (Å²) in [4.78, 5) is 22.0. The zero-order chi connectivity index (χ0) is 19.8. The number of nitrogens with one attached hydrogen (secondary N) is 1. The standard InChI is InChI=1S/C19H22N8O/c1-11(2)27-13(4)23-14-8-21-18(7-16(14)27)24-17-5-6-20-19(25-17)26-9-15(12(3)28)22-10-26/h5-12,28H,1-4H3,(H,20,21,24,25)/t12-/m0/s1. The Labute approximate surface area is 162 Å². The Morgan fingerprint density at radius 1 is 1.07 bits per heavy atom. The van der Waals surface area contributed by atoms with E-state index >= 15 is 0 Å². The van der Waals surface area contributed by atoms with Gasteiger partial charge in [0.2, 0.25) is 5.95 Å². The molecule has 0 unspecified atom stereocenters. The first-order valence-electron chi connectivity index (χ1n) is 9.09. The fourth-order valence-corrected chi connectivity index (χ4v) is 3.18. The van der Waals surface area contributed by atoms with Crippen LogP contribution in [-0.2, 0) is 0 Å². The Morgan fingerprint density at radius 2 is 1.89 bits per heavy atom. The van der Waals surface area contributed by atoms with Gasteiger partial charge in [-0.05, 0) is 33.8 Å². The molecule has 4 rings (SSSR count). The summed E-state index contributed by atoms with van der Waals surface area (Å²) >= 11 is 0. The van der Waals surface area contributed by atoms with Crippen LogP contribution < -0.4 is 5.32 Å². The maximum Gasteiger partial charge on any atom is 0.236 e. The monoisotopic (exact) mass is 378 g/mol. The van der Waals surface area contributed by atoms with Crippen molar-refractivity contribution in [3.63, 3.8) is 0 Å². The molecule has 4 heterocycles. The number of hydrogen-bond acceptors (Lipinski definition) is 7. The van der Waals surface area contributed by atoms with Crippen LogP contribution in [0.15, 0.2) is 37.1 Å². The van der Waals surface area contributed by atoms with E-state index < -0.39 is 6.10 Å². The van der Waals surface area contributed by atoms with E-state index in [0.29, 0.717) is 29.3 Å². The van der Waals surface area contributed by atoms with Gasteiger partial charge in [0, 0.05) is 24.5 Å². The van der Waals surface area contributed by atoms with E-state index in [1.54, 1.807) is 42.5 Å².